The maximum atomic E-state index is 2.45. The van der Waals surface area contributed by atoms with Crippen LogP contribution in [0.2, 0.25) is 0 Å². The minimum Gasteiger partial charge on any atom is -0.328 e. The molecule has 0 radical (unpaired) electrons. The molecule has 0 bridgehead atoms. The Labute approximate surface area is 103 Å². The van der Waals surface area contributed by atoms with Gasteiger partial charge in [0, 0.05) is 0 Å². The minimum absolute atomic E-state index is 0. The molecule has 0 aliphatic rings. The second-order valence-electron chi connectivity index (χ2n) is 3.99. The van der Waals surface area contributed by atoms with Crippen LogP contribution in [0.4, 0.5) is 0 Å². The van der Waals surface area contributed by atoms with Gasteiger partial charge in [0.2, 0.25) is 0 Å². The van der Waals surface area contributed by atoms with Crippen LogP contribution in [0.25, 0.3) is 0 Å². The molecule has 80 valence electrons. The first-order valence-electron chi connectivity index (χ1n) is 6.23. The zero-order valence-electron chi connectivity index (χ0n) is 10.6. The fourth-order valence-electron chi connectivity index (χ4n) is 1.59. The van der Waals surface area contributed by atoms with E-state index in [2.05, 4.69) is 20.3 Å². The second-order valence-corrected chi connectivity index (χ2v) is 3.99. The number of unbranched alkanes of at least 4 members (excludes halogenated alkanes) is 10. The molecular formula is C13H27Li. The molecule has 14 heavy (non-hydrogen) atoms. The van der Waals surface area contributed by atoms with E-state index in [1.165, 1.54) is 64.2 Å². The summed E-state index contributed by atoms with van der Waals surface area (Å²) in [6.07, 6.45) is 16.5. The van der Waals surface area contributed by atoms with Crippen LogP contribution in [0.3, 0.4) is 0 Å². The Balaban J connectivity index is 0. The van der Waals surface area contributed by atoms with Crippen molar-refractivity contribution in [3.8, 4) is 0 Å². The predicted octanol–water partition coefficient (Wildman–Crippen LogP) is 2.14. The van der Waals surface area contributed by atoms with Crippen molar-refractivity contribution in [3.05, 3.63) is 6.42 Å². The van der Waals surface area contributed by atoms with Gasteiger partial charge in [-0.2, -0.15) is 12.8 Å². The van der Waals surface area contributed by atoms with Crippen molar-refractivity contribution in [2.45, 2.75) is 78.1 Å². The number of hydrogen-bond donors (Lipinski definition) is 0. The summed E-state index contributed by atoms with van der Waals surface area (Å²) in [6, 6.07) is 0. The zero-order chi connectivity index (χ0) is 9.78. The van der Waals surface area contributed by atoms with Crippen LogP contribution in [0.15, 0.2) is 0 Å². The van der Waals surface area contributed by atoms with E-state index in [4.69, 9.17) is 0 Å². The van der Waals surface area contributed by atoms with Gasteiger partial charge in [0.15, 0.2) is 0 Å². The Bertz CT molecular complexity index is 71.3. The summed E-state index contributed by atoms with van der Waals surface area (Å²) >= 11 is 0. The monoisotopic (exact) mass is 190 g/mol. The van der Waals surface area contributed by atoms with E-state index in [0.717, 1.165) is 0 Å². The van der Waals surface area contributed by atoms with Crippen LogP contribution in [-0.2, 0) is 0 Å². The molecule has 0 aliphatic carbocycles. The molecule has 0 aromatic heterocycles. The van der Waals surface area contributed by atoms with Gasteiger partial charge in [-0.3, -0.25) is 0 Å². The molecule has 0 aliphatic heterocycles. The van der Waals surface area contributed by atoms with Gasteiger partial charge < -0.3 is 6.42 Å². The van der Waals surface area contributed by atoms with Gasteiger partial charge in [0.25, 0.3) is 0 Å². The van der Waals surface area contributed by atoms with Crippen molar-refractivity contribution >= 4 is 0 Å². The average Bonchev–Trinajstić information content (AvgIpc) is 2.16. The predicted molar refractivity (Wildman–Crippen MR) is 61.8 cm³/mol. The molecule has 0 aromatic rings. The van der Waals surface area contributed by atoms with Crippen molar-refractivity contribution in [1.82, 2.24) is 0 Å². The number of rotatable bonds is 10. The van der Waals surface area contributed by atoms with Crippen LogP contribution in [0.1, 0.15) is 78.1 Å². The van der Waals surface area contributed by atoms with Gasteiger partial charge in [0.05, 0.1) is 0 Å². The molecular weight excluding hydrogens is 163 g/mol. The maximum Gasteiger partial charge on any atom is 1.00 e. The molecule has 0 heterocycles. The summed E-state index contributed by atoms with van der Waals surface area (Å²) in [4.78, 5) is 0. The van der Waals surface area contributed by atoms with Gasteiger partial charge in [0.1, 0.15) is 0 Å². The van der Waals surface area contributed by atoms with Crippen molar-refractivity contribution in [2.24, 2.45) is 0 Å². The minimum atomic E-state index is 0. The topological polar surface area (TPSA) is 0 Å². The molecule has 0 atom stereocenters. The van der Waals surface area contributed by atoms with Gasteiger partial charge in [-0.15, -0.1) is 0 Å². The van der Waals surface area contributed by atoms with E-state index in [-0.39, 0.29) is 18.9 Å². The summed E-state index contributed by atoms with van der Waals surface area (Å²) in [5.41, 5.74) is 0. The summed E-state index contributed by atoms with van der Waals surface area (Å²) in [5.74, 6) is 0. The van der Waals surface area contributed by atoms with Crippen LogP contribution in [-0.4, -0.2) is 0 Å². The van der Waals surface area contributed by atoms with Crippen molar-refractivity contribution in [3.63, 3.8) is 0 Å². The molecule has 0 rings (SSSR count). The first kappa shape index (κ1) is 17.0. The van der Waals surface area contributed by atoms with Crippen molar-refractivity contribution in [2.75, 3.05) is 0 Å². The van der Waals surface area contributed by atoms with E-state index in [1.54, 1.807) is 0 Å². The van der Waals surface area contributed by atoms with E-state index in [9.17, 15) is 0 Å². The standard InChI is InChI=1S/C13H27.Li/c1-3-5-7-9-11-13-12-10-8-6-4-2;/h7H,3-6,8-13H2,1-2H3;/q-1;+1. The summed E-state index contributed by atoms with van der Waals surface area (Å²) in [5, 5.41) is 0. The van der Waals surface area contributed by atoms with Crippen LogP contribution in [0.5, 0.6) is 0 Å². The molecule has 0 nitrogen and oxygen atoms in total. The number of hydrogen-bond acceptors (Lipinski definition) is 0. The Morgan fingerprint density at radius 3 is 1.79 bits per heavy atom. The Kier molecular flexibility index (Phi) is 19.5. The third-order valence-corrected chi connectivity index (χ3v) is 2.50. The molecule has 0 N–H and O–H groups in total. The molecule has 0 spiro atoms. The largest absolute Gasteiger partial charge is 1.00 e. The normalized spacial score (nSPS) is 9.86. The Hall–Kier alpha value is 0.597. The van der Waals surface area contributed by atoms with E-state index in [1.807, 2.05) is 0 Å². The zero-order valence-corrected chi connectivity index (χ0v) is 10.6. The quantitative estimate of drug-likeness (QED) is 0.281. The fraction of sp³-hybridized carbons (Fsp3) is 0.923. The molecule has 1 heteroatoms. The van der Waals surface area contributed by atoms with Gasteiger partial charge in [-0.1, -0.05) is 65.2 Å². The molecule has 0 aromatic carbocycles. The Morgan fingerprint density at radius 1 is 0.643 bits per heavy atom. The smallest absolute Gasteiger partial charge is 0.328 e. The first-order chi connectivity index (χ1) is 6.41. The summed E-state index contributed by atoms with van der Waals surface area (Å²) in [7, 11) is 0. The van der Waals surface area contributed by atoms with Crippen LogP contribution >= 0.6 is 0 Å². The van der Waals surface area contributed by atoms with Gasteiger partial charge in [-0.05, 0) is 0 Å². The third-order valence-electron chi connectivity index (χ3n) is 2.50. The maximum absolute atomic E-state index is 2.45. The molecule has 0 unspecified atom stereocenters. The molecule has 0 saturated carbocycles. The average molecular weight is 190 g/mol. The summed E-state index contributed by atoms with van der Waals surface area (Å²) in [6.45, 7) is 4.53. The fourth-order valence-corrected chi connectivity index (χ4v) is 1.59. The third kappa shape index (κ3) is 15.1. The molecule has 0 amide bonds. The van der Waals surface area contributed by atoms with Gasteiger partial charge in [-0.25, -0.2) is 0 Å². The van der Waals surface area contributed by atoms with Crippen LogP contribution in [0, 0.1) is 6.42 Å². The van der Waals surface area contributed by atoms with Crippen LogP contribution < -0.4 is 18.9 Å². The van der Waals surface area contributed by atoms with Crippen molar-refractivity contribution in [1.29, 1.82) is 0 Å². The molecule has 0 saturated heterocycles. The molecule has 0 fully saturated rings. The van der Waals surface area contributed by atoms with E-state index >= 15 is 0 Å². The van der Waals surface area contributed by atoms with Crippen molar-refractivity contribution < 1.29 is 18.9 Å². The van der Waals surface area contributed by atoms with E-state index < -0.39 is 0 Å². The second kappa shape index (κ2) is 16.0. The first-order valence-corrected chi connectivity index (χ1v) is 6.23. The summed E-state index contributed by atoms with van der Waals surface area (Å²) < 4.78 is 0. The Morgan fingerprint density at radius 2 is 1.21 bits per heavy atom. The van der Waals surface area contributed by atoms with E-state index in [0.29, 0.717) is 0 Å². The van der Waals surface area contributed by atoms with Gasteiger partial charge >= 0.3 is 18.9 Å². The SMILES string of the molecule is CCC[CH-]CCCCCCCCC.[Li+].